The molecule has 0 saturated carbocycles. The van der Waals surface area contributed by atoms with Crippen molar-refractivity contribution in [1.29, 1.82) is 0 Å². The molecule has 0 bridgehead atoms. The minimum absolute atomic E-state index is 0.714. The summed E-state index contributed by atoms with van der Waals surface area (Å²) >= 11 is 3.04. The van der Waals surface area contributed by atoms with E-state index >= 15 is 0 Å². The van der Waals surface area contributed by atoms with E-state index in [1.165, 1.54) is 11.5 Å². The van der Waals surface area contributed by atoms with Crippen LogP contribution in [0.3, 0.4) is 0 Å². The lowest BCUT2D eigenvalue weighted by Crippen LogP contribution is -1.82. The first-order valence-corrected chi connectivity index (χ1v) is 6.40. The van der Waals surface area contributed by atoms with Gasteiger partial charge >= 0.3 is 0 Å². The summed E-state index contributed by atoms with van der Waals surface area (Å²) in [6, 6.07) is 0. The van der Waals surface area contributed by atoms with Crippen molar-refractivity contribution in [1.82, 2.24) is 14.3 Å². The standard InChI is InChI=1S/C9H11N3OS2/c1-3-7-11-9(15-12-7)14-5-8-10-4-6(2)13-8/h4H,3,5H2,1-2H3. The minimum atomic E-state index is 0.714. The van der Waals surface area contributed by atoms with Crippen LogP contribution in [0.25, 0.3) is 0 Å². The highest BCUT2D eigenvalue weighted by molar-refractivity contribution is 8.00. The molecule has 0 aromatic carbocycles. The van der Waals surface area contributed by atoms with E-state index in [2.05, 4.69) is 14.3 Å². The molecule has 0 aliphatic carbocycles. The summed E-state index contributed by atoms with van der Waals surface area (Å²) < 4.78 is 10.5. The minimum Gasteiger partial charge on any atom is -0.445 e. The van der Waals surface area contributed by atoms with Gasteiger partial charge in [-0.1, -0.05) is 18.7 Å². The highest BCUT2D eigenvalue weighted by Crippen LogP contribution is 2.24. The lowest BCUT2D eigenvalue weighted by molar-refractivity contribution is 0.490. The van der Waals surface area contributed by atoms with Gasteiger partial charge in [-0.05, 0) is 18.5 Å². The smallest absolute Gasteiger partial charge is 0.204 e. The van der Waals surface area contributed by atoms with Gasteiger partial charge in [0.05, 0.1) is 11.9 Å². The molecule has 0 spiro atoms. The van der Waals surface area contributed by atoms with E-state index in [4.69, 9.17) is 4.42 Å². The lowest BCUT2D eigenvalue weighted by Gasteiger charge is -1.91. The Balaban J connectivity index is 1.93. The first-order valence-electron chi connectivity index (χ1n) is 4.64. The topological polar surface area (TPSA) is 51.8 Å². The predicted octanol–water partition coefficient (Wildman–Crippen LogP) is 2.69. The molecular weight excluding hydrogens is 230 g/mol. The number of hydrogen-bond acceptors (Lipinski definition) is 6. The molecule has 0 aliphatic heterocycles. The van der Waals surface area contributed by atoms with Crippen molar-refractivity contribution in [2.75, 3.05) is 0 Å². The molecule has 0 fully saturated rings. The summed E-state index contributed by atoms with van der Waals surface area (Å²) in [5.74, 6) is 3.21. The van der Waals surface area contributed by atoms with E-state index in [1.54, 1.807) is 18.0 Å². The second-order valence-electron chi connectivity index (χ2n) is 2.98. The molecule has 80 valence electrons. The van der Waals surface area contributed by atoms with Crippen LogP contribution in [0.1, 0.15) is 24.4 Å². The Morgan fingerprint density at radius 1 is 1.53 bits per heavy atom. The Hall–Kier alpha value is -0.880. The molecule has 2 aromatic heterocycles. The van der Waals surface area contributed by atoms with Crippen molar-refractivity contribution in [3.05, 3.63) is 23.7 Å². The fourth-order valence-corrected chi connectivity index (χ4v) is 2.58. The van der Waals surface area contributed by atoms with E-state index in [9.17, 15) is 0 Å². The molecule has 0 atom stereocenters. The first kappa shape index (κ1) is 10.6. The van der Waals surface area contributed by atoms with Gasteiger partial charge in [0.15, 0.2) is 4.34 Å². The number of nitrogens with zero attached hydrogens (tertiary/aromatic N) is 3. The second-order valence-corrected chi connectivity index (χ2v) is 4.96. The first-order chi connectivity index (χ1) is 7.28. The zero-order valence-corrected chi connectivity index (χ0v) is 10.2. The molecular formula is C9H11N3OS2. The molecule has 0 amide bonds. The molecule has 4 nitrogen and oxygen atoms in total. The molecule has 2 aromatic rings. The number of thioether (sulfide) groups is 1. The van der Waals surface area contributed by atoms with Gasteiger partial charge in [0.1, 0.15) is 11.6 Å². The van der Waals surface area contributed by atoms with Crippen LogP contribution in [0.4, 0.5) is 0 Å². The van der Waals surface area contributed by atoms with E-state index in [1.807, 2.05) is 13.8 Å². The number of aromatic nitrogens is 3. The van der Waals surface area contributed by atoms with E-state index < -0.39 is 0 Å². The van der Waals surface area contributed by atoms with Crippen LogP contribution in [0.15, 0.2) is 15.0 Å². The fourth-order valence-electron chi connectivity index (χ4n) is 1.03. The van der Waals surface area contributed by atoms with Gasteiger partial charge in [0.2, 0.25) is 5.89 Å². The zero-order chi connectivity index (χ0) is 10.7. The third-order valence-electron chi connectivity index (χ3n) is 1.75. The van der Waals surface area contributed by atoms with Gasteiger partial charge in [-0.25, -0.2) is 9.97 Å². The van der Waals surface area contributed by atoms with Gasteiger partial charge in [0, 0.05) is 6.42 Å². The monoisotopic (exact) mass is 241 g/mol. The summed E-state index contributed by atoms with van der Waals surface area (Å²) in [5.41, 5.74) is 0. The summed E-state index contributed by atoms with van der Waals surface area (Å²) in [4.78, 5) is 8.48. The van der Waals surface area contributed by atoms with Gasteiger partial charge in [-0.3, -0.25) is 0 Å². The third kappa shape index (κ3) is 2.79. The molecule has 0 radical (unpaired) electrons. The van der Waals surface area contributed by atoms with Crippen LogP contribution < -0.4 is 0 Å². The maximum atomic E-state index is 5.36. The predicted molar refractivity (Wildman–Crippen MR) is 60.1 cm³/mol. The van der Waals surface area contributed by atoms with Crippen LogP contribution in [0, 0.1) is 6.92 Å². The highest BCUT2D eigenvalue weighted by atomic mass is 32.2. The van der Waals surface area contributed by atoms with Crippen molar-refractivity contribution in [2.45, 2.75) is 30.4 Å². The van der Waals surface area contributed by atoms with Gasteiger partial charge in [0.25, 0.3) is 0 Å². The summed E-state index contributed by atoms with van der Waals surface area (Å²) in [7, 11) is 0. The van der Waals surface area contributed by atoms with Crippen molar-refractivity contribution < 1.29 is 4.42 Å². The third-order valence-corrected chi connectivity index (χ3v) is 3.61. The van der Waals surface area contributed by atoms with Crippen LogP contribution in [0.5, 0.6) is 0 Å². The van der Waals surface area contributed by atoms with Gasteiger partial charge in [-0.2, -0.15) is 4.37 Å². The fraction of sp³-hybridized carbons (Fsp3) is 0.444. The Bertz CT molecular complexity index is 438. The van der Waals surface area contributed by atoms with Crippen molar-refractivity contribution in [3.63, 3.8) is 0 Å². The van der Waals surface area contributed by atoms with Gasteiger partial charge < -0.3 is 4.42 Å². The van der Waals surface area contributed by atoms with Crippen LogP contribution in [0.2, 0.25) is 0 Å². The Morgan fingerprint density at radius 3 is 3.00 bits per heavy atom. The Morgan fingerprint density at radius 2 is 2.40 bits per heavy atom. The summed E-state index contributed by atoms with van der Waals surface area (Å²) in [6.07, 6.45) is 2.61. The summed E-state index contributed by atoms with van der Waals surface area (Å²) in [6.45, 7) is 3.94. The maximum Gasteiger partial charge on any atom is 0.204 e. The molecule has 2 rings (SSSR count). The van der Waals surface area contributed by atoms with Crippen LogP contribution >= 0.6 is 23.3 Å². The Labute approximate surface area is 96.3 Å². The van der Waals surface area contributed by atoms with Crippen LogP contribution in [-0.2, 0) is 12.2 Å². The Kier molecular flexibility index (Phi) is 3.37. The van der Waals surface area contributed by atoms with E-state index in [-0.39, 0.29) is 0 Å². The summed E-state index contributed by atoms with van der Waals surface area (Å²) in [5, 5.41) is 0. The quantitative estimate of drug-likeness (QED) is 0.770. The van der Waals surface area contributed by atoms with Crippen LogP contribution in [-0.4, -0.2) is 14.3 Å². The SMILES string of the molecule is CCc1nsc(SCc2ncc(C)o2)n1. The average Bonchev–Trinajstić information content (AvgIpc) is 2.83. The van der Waals surface area contributed by atoms with Crippen molar-refractivity contribution in [3.8, 4) is 0 Å². The number of oxazole rings is 1. The molecule has 6 heteroatoms. The molecule has 0 N–H and O–H groups in total. The van der Waals surface area contributed by atoms with Crippen molar-refractivity contribution in [2.24, 2.45) is 0 Å². The molecule has 2 heterocycles. The molecule has 0 saturated heterocycles. The normalized spacial score (nSPS) is 10.8. The average molecular weight is 241 g/mol. The number of rotatable bonds is 4. The number of hydrogen-bond donors (Lipinski definition) is 0. The van der Waals surface area contributed by atoms with Crippen molar-refractivity contribution >= 4 is 23.3 Å². The molecule has 0 aliphatic rings. The maximum absolute atomic E-state index is 5.36. The lowest BCUT2D eigenvalue weighted by atomic mass is 10.5. The number of aryl methyl sites for hydroxylation is 2. The second kappa shape index (κ2) is 4.76. The molecule has 0 unspecified atom stereocenters. The van der Waals surface area contributed by atoms with E-state index in [0.717, 1.165) is 28.2 Å². The highest BCUT2D eigenvalue weighted by Gasteiger charge is 2.06. The van der Waals surface area contributed by atoms with E-state index in [0.29, 0.717) is 5.75 Å². The largest absolute Gasteiger partial charge is 0.445 e. The molecule has 15 heavy (non-hydrogen) atoms. The zero-order valence-electron chi connectivity index (χ0n) is 8.56. The van der Waals surface area contributed by atoms with Gasteiger partial charge in [-0.15, -0.1) is 0 Å².